The maximum Gasteiger partial charge on any atom is 0.120 e. The minimum atomic E-state index is 0.307. The van der Waals surface area contributed by atoms with Crippen LogP contribution in [-0.4, -0.2) is 10.1 Å². The molecule has 0 saturated heterocycles. The highest BCUT2D eigenvalue weighted by molar-refractivity contribution is 5.83. The van der Waals surface area contributed by atoms with Gasteiger partial charge in [0.2, 0.25) is 0 Å². The molecule has 0 fully saturated rings. The van der Waals surface area contributed by atoms with Crippen molar-refractivity contribution in [1.82, 2.24) is 4.98 Å². The van der Waals surface area contributed by atoms with Gasteiger partial charge in [-0.2, -0.15) is 0 Å². The normalized spacial score (nSPS) is 9.36. The van der Waals surface area contributed by atoms with Crippen molar-refractivity contribution in [1.29, 1.82) is 0 Å². The van der Waals surface area contributed by atoms with Crippen molar-refractivity contribution in [3.8, 4) is 5.75 Å². The number of aromatic hydroxyl groups is 1. The van der Waals surface area contributed by atoms with Crippen LogP contribution in [0.2, 0.25) is 0 Å². The van der Waals surface area contributed by atoms with Crippen LogP contribution < -0.4 is 0 Å². The number of hydrogen-bond acceptors (Lipinski definition) is 2. The summed E-state index contributed by atoms with van der Waals surface area (Å²) in [5.41, 5.74) is 1.71. The Hall–Kier alpha value is -1.57. The van der Waals surface area contributed by atoms with Gasteiger partial charge in [-0.05, 0) is 25.1 Å². The lowest BCUT2D eigenvalue weighted by molar-refractivity contribution is 0.472. The molecule has 0 radical (unpaired) electrons. The Kier molecular flexibility index (Phi) is 3.46. The third-order valence-corrected chi connectivity index (χ3v) is 2.00. The maximum atomic E-state index is 9.38. The zero-order valence-electron chi connectivity index (χ0n) is 8.78. The van der Waals surface area contributed by atoms with E-state index in [0.717, 1.165) is 16.5 Å². The number of nitrogens with zero attached hydrogens (tertiary/aromatic N) is 1. The molecular formula is C12H15NO. The quantitative estimate of drug-likeness (QED) is 0.690. The first-order valence-electron chi connectivity index (χ1n) is 4.82. The summed E-state index contributed by atoms with van der Waals surface area (Å²) in [5.74, 6) is 0.307. The molecule has 1 aromatic heterocycles. The molecule has 0 amide bonds. The second-order valence-corrected chi connectivity index (χ2v) is 2.78. The molecule has 0 aliphatic heterocycles. The molecule has 74 valence electrons. The smallest absolute Gasteiger partial charge is 0.120 e. The molecule has 2 aromatic rings. The van der Waals surface area contributed by atoms with Crippen molar-refractivity contribution in [2.24, 2.45) is 0 Å². The van der Waals surface area contributed by atoms with Crippen LogP contribution in [0.15, 0.2) is 30.5 Å². The van der Waals surface area contributed by atoms with Crippen LogP contribution in [0.5, 0.6) is 5.75 Å². The topological polar surface area (TPSA) is 33.1 Å². The molecule has 14 heavy (non-hydrogen) atoms. The van der Waals surface area contributed by atoms with Crippen LogP contribution in [-0.2, 0) is 0 Å². The summed E-state index contributed by atoms with van der Waals surface area (Å²) in [6, 6.07) is 7.43. The number of aryl methyl sites for hydroxylation is 1. The SMILES string of the molecule is CC.Cc1c(O)ccc2cccnc12. The molecule has 0 saturated carbocycles. The summed E-state index contributed by atoms with van der Waals surface area (Å²) in [5, 5.41) is 10.4. The third kappa shape index (κ3) is 1.84. The van der Waals surface area contributed by atoms with E-state index in [9.17, 15) is 5.11 Å². The molecular weight excluding hydrogens is 174 g/mol. The molecule has 2 heteroatoms. The highest BCUT2D eigenvalue weighted by atomic mass is 16.3. The number of fused-ring (bicyclic) bond motifs is 1. The highest BCUT2D eigenvalue weighted by Gasteiger charge is 2.01. The second-order valence-electron chi connectivity index (χ2n) is 2.78. The van der Waals surface area contributed by atoms with Crippen molar-refractivity contribution < 1.29 is 5.11 Å². The van der Waals surface area contributed by atoms with E-state index in [0.29, 0.717) is 5.75 Å². The Bertz CT molecular complexity index is 424. The number of benzene rings is 1. The van der Waals surface area contributed by atoms with Crippen molar-refractivity contribution in [2.75, 3.05) is 0 Å². The predicted octanol–water partition coefficient (Wildman–Crippen LogP) is 3.28. The van der Waals surface area contributed by atoms with Gasteiger partial charge in [-0.1, -0.05) is 19.9 Å². The van der Waals surface area contributed by atoms with Crippen LogP contribution in [0, 0.1) is 6.92 Å². The second kappa shape index (κ2) is 4.61. The van der Waals surface area contributed by atoms with Crippen LogP contribution in [0.1, 0.15) is 19.4 Å². The number of phenolic OH excluding ortho intramolecular Hbond substituents is 1. The molecule has 0 spiro atoms. The summed E-state index contributed by atoms with van der Waals surface area (Å²) in [7, 11) is 0. The first-order valence-corrected chi connectivity index (χ1v) is 4.82. The van der Waals surface area contributed by atoms with Gasteiger partial charge in [-0.15, -0.1) is 0 Å². The standard InChI is InChI=1S/C10H9NO.C2H6/c1-7-9(12)5-4-8-3-2-6-11-10(7)8;1-2/h2-6,12H,1H3;1-2H3. The van der Waals surface area contributed by atoms with E-state index in [1.54, 1.807) is 12.3 Å². The minimum Gasteiger partial charge on any atom is -0.508 e. The molecule has 0 aliphatic carbocycles. The van der Waals surface area contributed by atoms with Gasteiger partial charge in [-0.3, -0.25) is 4.98 Å². The predicted molar refractivity (Wildman–Crippen MR) is 59.5 cm³/mol. The Morgan fingerprint density at radius 3 is 2.57 bits per heavy atom. The fourth-order valence-electron chi connectivity index (χ4n) is 1.28. The highest BCUT2D eigenvalue weighted by Crippen LogP contribution is 2.23. The van der Waals surface area contributed by atoms with Crippen molar-refractivity contribution in [3.05, 3.63) is 36.0 Å². The Morgan fingerprint density at radius 1 is 1.14 bits per heavy atom. The number of phenols is 1. The van der Waals surface area contributed by atoms with Gasteiger partial charge in [0, 0.05) is 17.1 Å². The molecule has 1 aromatic carbocycles. The first kappa shape index (κ1) is 10.5. The van der Waals surface area contributed by atoms with E-state index >= 15 is 0 Å². The lowest BCUT2D eigenvalue weighted by Crippen LogP contribution is -1.82. The molecule has 1 heterocycles. The lowest BCUT2D eigenvalue weighted by Gasteiger charge is -2.01. The van der Waals surface area contributed by atoms with E-state index in [2.05, 4.69) is 4.98 Å². The fraction of sp³-hybridized carbons (Fsp3) is 0.250. The zero-order valence-corrected chi connectivity index (χ0v) is 8.78. The summed E-state index contributed by atoms with van der Waals surface area (Å²) in [6.45, 7) is 5.87. The first-order chi connectivity index (χ1) is 6.79. The Labute approximate surface area is 84.2 Å². The summed E-state index contributed by atoms with van der Waals surface area (Å²) < 4.78 is 0. The Morgan fingerprint density at radius 2 is 1.86 bits per heavy atom. The van der Waals surface area contributed by atoms with E-state index < -0.39 is 0 Å². The van der Waals surface area contributed by atoms with Gasteiger partial charge in [0.05, 0.1) is 5.52 Å². The van der Waals surface area contributed by atoms with E-state index in [1.807, 2.05) is 39.0 Å². The summed E-state index contributed by atoms with van der Waals surface area (Å²) in [4.78, 5) is 4.18. The molecule has 1 N–H and O–H groups in total. The largest absolute Gasteiger partial charge is 0.508 e. The number of pyridine rings is 1. The average Bonchev–Trinajstić information content (AvgIpc) is 2.27. The third-order valence-electron chi connectivity index (χ3n) is 2.00. The van der Waals surface area contributed by atoms with Gasteiger partial charge < -0.3 is 5.11 Å². The monoisotopic (exact) mass is 189 g/mol. The van der Waals surface area contributed by atoms with Crippen molar-refractivity contribution in [3.63, 3.8) is 0 Å². The van der Waals surface area contributed by atoms with E-state index in [1.165, 1.54) is 0 Å². The Balaban J connectivity index is 0.000000461. The molecule has 0 bridgehead atoms. The van der Waals surface area contributed by atoms with Gasteiger partial charge in [0.15, 0.2) is 0 Å². The van der Waals surface area contributed by atoms with Crippen molar-refractivity contribution in [2.45, 2.75) is 20.8 Å². The van der Waals surface area contributed by atoms with Crippen molar-refractivity contribution >= 4 is 10.9 Å². The van der Waals surface area contributed by atoms with Gasteiger partial charge in [-0.25, -0.2) is 0 Å². The molecule has 0 unspecified atom stereocenters. The number of hydrogen-bond donors (Lipinski definition) is 1. The fourth-order valence-corrected chi connectivity index (χ4v) is 1.28. The van der Waals surface area contributed by atoms with E-state index in [4.69, 9.17) is 0 Å². The molecule has 0 atom stereocenters. The zero-order chi connectivity index (χ0) is 10.6. The van der Waals surface area contributed by atoms with E-state index in [-0.39, 0.29) is 0 Å². The summed E-state index contributed by atoms with van der Waals surface area (Å²) in [6.07, 6.45) is 1.73. The molecule has 0 aliphatic rings. The van der Waals surface area contributed by atoms with Crippen LogP contribution in [0.25, 0.3) is 10.9 Å². The van der Waals surface area contributed by atoms with Crippen LogP contribution in [0.4, 0.5) is 0 Å². The lowest BCUT2D eigenvalue weighted by atomic mass is 10.1. The van der Waals surface area contributed by atoms with Crippen LogP contribution >= 0.6 is 0 Å². The molecule has 2 nitrogen and oxygen atoms in total. The minimum absolute atomic E-state index is 0.307. The number of rotatable bonds is 0. The van der Waals surface area contributed by atoms with Gasteiger partial charge in [0.1, 0.15) is 5.75 Å². The number of aromatic nitrogens is 1. The molecule has 2 rings (SSSR count). The summed E-state index contributed by atoms with van der Waals surface area (Å²) >= 11 is 0. The maximum absolute atomic E-state index is 9.38. The van der Waals surface area contributed by atoms with Gasteiger partial charge in [0.25, 0.3) is 0 Å². The van der Waals surface area contributed by atoms with Gasteiger partial charge >= 0.3 is 0 Å². The van der Waals surface area contributed by atoms with Crippen LogP contribution in [0.3, 0.4) is 0 Å². The average molecular weight is 189 g/mol.